The number of nitrogens with zero attached hydrogens (tertiary/aromatic N) is 2. The third-order valence-corrected chi connectivity index (χ3v) is 10.0. The molecule has 1 atom stereocenters. The van der Waals surface area contributed by atoms with E-state index >= 15 is 4.39 Å². The van der Waals surface area contributed by atoms with Crippen LogP contribution in [0.15, 0.2) is 114 Å². The molecule has 1 aliphatic carbocycles. The predicted octanol–water partition coefficient (Wildman–Crippen LogP) is 5.73. The molecule has 0 spiro atoms. The van der Waals surface area contributed by atoms with Crippen molar-refractivity contribution < 1.29 is 27.1 Å². The van der Waals surface area contributed by atoms with E-state index < -0.39 is 34.3 Å². The number of amides is 2. The number of sulfonamides is 1. The van der Waals surface area contributed by atoms with Crippen LogP contribution in [-0.2, 0) is 32.6 Å². The number of carbonyl (C=O) groups is 2. The van der Waals surface area contributed by atoms with Crippen molar-refractivity contribution >= 4 is 27.5 Å². The fourth-order valence-electron chi connectivity index (χ4n) is 5.80. The van der Waals surface area contributed by atoms with E-state index in [1.54, 1.807) is 60.7 Å². The van der Waals surface area contributed by atoms with Gasteiger partial charge in [-0.25, -0.2) is 12.8 Å². The molecule has 0 aromatic heterocycles. The largest absolute Gasteiger partial charge is 0.495 e. The zero-order chi connectivity index (χ0) is 32.5. The lowest BCUT2D eigenvalue weighted by molar-refractivity contribution is -0.140. The van der Waals surface area contributed by atoms with Gasteiger partial charge >= 0.3 is 0 Å². The monoisotopic (exact) mass is 643 g/mol. The van der Waals surface area contributed by atoms with Crippen molar-refractivity contribution in [3.8, 4) is 5.75 Å². The summed E-state index contributed by atoms with van der Waals surface area (Å²) in [7, 11) is -2.87. The molecule has 1 fully saturated rings. The minimum Gasteiger partial charge on any atom is -0.495 e. The molecule has 1 N–H and O–H groups in total. The fraction of sp³-hybridized carbons (Fsp3) is 0.278. The molecule has 0 unspecified atom stereocenters. The summed E-state index contributed by atoms with van der Waals surface area (Å²) in [6.07, 6.45) is 3.82. The van der Waals surface area contributed by atoms with Gasteiger partial charge in [-0.3, -0.25) is 13.9 Å². The summed E-state index contributed by atoms with van der Waals surface area (Å²) in [6, 6.07) is 28.6. The minimum atomic E-state index is -4.29. The molecule has 4 aromatic rings. The van der Waals surface area contributed by atoms with Crippen molar-refractivity contribution in [3.05, 3.63) is 126 Å². The van der Waals surface area contributed by atoms with Crippen LogP contribution >= 0.6 is 0 Å². The zero-order valence-corrected chi connectivity index (χ0v) is 26.5. The summed E-state index contributed by atoms with van der Waals surface area (Å²) < 4.78 is 49.9. The van der Waals surface area contributed by atoms with Crippen LogP contribution < -0.4 is 14.4 Å². The zero-order valence-electron chi connectivity index (χ0n) is 25.7. The highest BCUT2D eigenvalue weighted by Crippen LogP contribution is 2.33. The molecule has 0 radical (unpaired) electrons. The van der Waals surface area contributed by atoms with Crippen LogP contribution in [0, 0.1) is 5.82 Å². The van der Waals surface area contributed by atoms with Crippen LogP contribution in [0.25, 0.3) is 0 Å². The number of rotatable bonds is 13. The Balaban J connectivity index is 1.59. The van der Waals surface area contributed by atoms with Gasteiger partial charge in [0.1, 0.15) is 24.2 Å². The Hall–Kier alpha value is -4.70. The molecule has 4 aromatic carbocycles. The first-order valence-electron chi connectivity index (χ1n) is 15.4. The summed E-state index contributed by atoms with van der Waals surface area (Å²) >= 11 is 0. The van der Waals surface area contributed by atoms with Gasteiger partial charge in [0.05, 0.1) is 17.7 Å². The van der Waals surface area contributed by atoms with E-state index in [0.29, 0.717) is 0 Å². The van der Waals surface area contributed by atoms with Gasteiger partial charge in [0.25, 0.3) is 10.0 Å². The molecule has 5 rings (SSSR count). The van der Waals surface area contributed by atoms with Gasteiger partial charge in [-0.1, -0.05) is 91.7 Å². The van der Waals surface area contributed by atoms with E-state index in [1.165, 1.54) is 30.2 Å². The van der Waals surface area contributed by atoms with Crippen LogP contribution in [0.4, 0.5) is 10.1 Å². The number of ether oxygens (including phenoxy) is 1. The number of halogens is 1. The maximum atomic E-state index is 15.1. The summed E-state index contributed by atoms with van der Waals surface area (Å²) in [5, 5.41) is 3.12. The highest BCUT2D eigenvalue weighted by Gasteiger charge is 2.36. The first-order chi connectivity index (χ1) is 22.3. The molecule has 1 aliphatic rings. The SMILES string of the molecule is COc1ccccc1N(CC(=O)N(Cc1ccccc1F)[C@@H](Cc1ccccc1)C(=O)NC1CCCC1)S(=O)(=O)c1ccccc1. The topological polar surface area (TPSA) is 96.0 Å². The third kappa shape index (κ3) is 7.74. The number of carbonyl (C=O) groups excluding carboxylic acids is 2. The second-order valence-corrected chi connectivity index (χ2v) is 13.2. The number of anilines is 1. The van der Waals surface area contributed by atoms with Gasteiger partial charge < -0.3 is 15.0 Å². The lowest BCUT2D eigenvalue weighted by atomic mass is 10.0. The van der Waals surface area contributed by atoms with Crippen LogP contribution in [0.3, 0.4) is 0 Å². The van der Waals surface area contributed by atoms with Gasteiger partial charge in [0.15, 0.2) is 0 Å². The van der Waals surface area contributed by atoms with E-state index in [9.17, 15) is 18.0 Å². The molecule has 46 heavy (non-hydrogen) atoms. The summed E-state index contributed by atoms with van der Waals surface area (Å²) in [5.41, 5.74) is 1.17. The molecule has 0 bridgehead atoms. The predicted molar refractivity (Wildman–Crippen MR) is 175 cm³/mol. The van der Waals surface area contributed by atoms with Crippen LogP contribution in [-0.4, -0.2) is 50.9 Å². The Kier molecular flexibility index (Phi) is 10.7. The van der Waals surface area contributed by atoms with Crippen molar-refractivity contribution in [2.75, 3.05) is 18.0 Å². The molecule has 8 nitrogen and oxygen atoms in total. The van der Waals surface area contributed by atoms with E-state index in [2.05, 4.69) is 5.32 Å². The number of methoxy groups -OCH3 is 1. The standard InChI is InChI=1S/C36H38FN3O5S/c1-45-34-23-13-12-22-32(34)40(46(43,44)30-19-6-3-7-20-30)26-35(41)39(25-28-16-8-11-21-31(28)37)33(24-27-14-4-2-5-15-27)36(42)38-29-17-9-10-18-29/h2-8,11-16,19-23,29,33H,9-10,17-18,24-26H2,1H3,(H,38,42)/t33-/m0/s1. The van der Waals surface area contributed by atoms with Gasteiger partial charge in [0, 0.05) is 24.6 Å². The maximum absolute atomic E-state index is 15.1. The fourth-order valence-corrected chi connectivity index (χ4v) is 7.25. The number of hydrogen-bond acceptors (Lipinski definition) is 5. The number of para-hydroxylation sites is 2. The minimum absolute atomic E-state index is 0.0193. The molecule has 240 valence electrons. The van der Waals surface area contributed by atoms with Crippen molar-refractivity contribution in [3.63, 3.8) is 0 Å². The number of nitrogens with one attached hydrogen (secondary N) is 1. The Morgan fingerprint density at radius 1 is 0.870 bits per heavy atom. The highest BCUT2D eigenvalue weighted by atomic mass is 32.2. The van der Waals surface area contributed by atoms with Crippen molar-refractivity contribution in [2.24, 2.45) is 0 Å². The third-order valence-electron chi connectivity index (χ3n) is 8.24. The van der Waals surface area contributed by atoms with E-state index in [0.717, 1.165) is 35.6 Å². The van der Waals surface area contributed by atoms with Gasteiger partial charge in [-0.15, -0.1) is 0 Å². The van der Waals surface area contributed by atoms with E-state index in [-0.39, 0.29) is 46.8 Å². The highest BCUT2D eigenvalue weighted by molar-refractivity contribution is 7.92. The van der Waals surface area contributed by atoms with Crippen LogP contribution in [0.2, 0.25) is 0 Å². The van der Waals surface area contributed by atoms with E-state index in [4.69, 9.17) is 4.74 Å². The van der Waals surface area contributed by atoms with E-state index in [1.807, 2.05) is 30.3 Å². The molecule has 1 saturated carbocycles. The molecular formula is C36H38FN3O5S. The molecule has 0 saturated heterocycles. The molecule has 10 heteroatoms. The number of hydrogen-bond donors (Lipinski definition) is 1. The lowest BCUT2D eigenvalue weighted by Crippen LogP contribution is -2.54. The van der Waals surface area contributed by atoms with Crippen molar-refractivity contribution in [2.45, 2.75) is 55.6 Å². The molecular weight excluding hydrogens is 605 g/mol. The molecule has 0 aliphatic heterocycles. The second kappa shape index (κ2) is 15.1. The number of benzene rings is 4. The quantitative estimate of drug-likeness (QED) is 0.201. The van der Waals surface area contributed by atoms with Gasteiger partial charge in [-0.05, 0) is 48.7 Å². The van der Waals surface area contributed by atoms with Gasteiger partial charge in [-0.2, -0.15) is 0 Å². The summed E-state index contributed by atoms with van der Waals surface area (Å²) in [4.78, 5) is 29.9. The second-order valence-electron chi connectivity index (χ2n) is 11.3. The maximum Gasteiger partial charge on any atom is 0.264 e. The van der Waals surface area contributed by atoms with Crippen LogP contribution in [0.1, 0.15) is 36.8 Å². The van der Waals surface area contributed by atoms with Crippen molar-refractivity contribution in [1.82, 2.24) is 10.2 Å². The van der Waals surface area contributed by atoms with Crippen molar-refractivity contribution in [1.29, 1.82) is 0 Å². The Labute approximate surface area is 269 Å². The summed E-state index contributed by atoms with van der Waals surface area (Å²) in [5.74, 6) is -1.32. The summed E-state index contributed by atoms with van der Waals surface area (Å²) in [6.45, 7) is -0.902. The average molecular weight is 644 g/mol. The van der Waals surface area contributed by atoms with Crippen LogP contribution in [0.5, 0.6) is 5.75 Å². The molecule has 0 heterocycles. The first kappa shape index (κ1) is 32.7. The Morgan fingerprint density at radius 3 is 2.15 bits per heavy atom. The van der Waals surface area contributed by atoms with Gasteiger partial charge in [0.2, 0.25) is 11.8 Å². The lowest BCUT2D eigenvalue weighted by Gasteiger charge is -2.34. The Morgan fingerprint density at radius 2 is 1.48 bits per heavy atom. The average Bonchev–Trinajstić information content (AvgIpc) is 3.59. The smallest absolute Gasteiger partial charge is 0.264 e. The normalized spacial score (nSPS) is 14.0. The first-order valence-corrected chi connectivity index (χ1v) is 16.8. The molecule has 2 amide bonds. The Bertz CT molecular complexity index is 1730.